The van der Waals surface area contributed by atoms with Crippen LogP contribution in [0.3, 0.4) is 0 Å². The molecule has 0 bridgehead atoms. The topological polar surface area (TPSA) is 54.5 Å². The Morgan fingerprint density at radius 1 is 1.53 bits per heavy atom. The molecule has 2 rings (SSSR count). The normalized spacial score (nSPS) is 15.4. The van der Waals surface area contributed by atoms with Crippen molar-refractivity contribution in [3.05, 3.63) is 22.8 Å². The molecule has 1 aromatic heterocycles. The van der Waals surface area contributed by atoms with Crippen LogP contribution in [0.5, 0.6) is 0 Å². The lowest BCUT2D eigenvalue weighted by Gasteiger charge is -2.26. The number of rotatable bonds is 4. The van der Waals surface area contributed by atoms with E-state index in [9.17, 15) is 4.79 Å². The van der Waals surface area contributed by atoms with Gasteiger partial charge in [-0.15, -0.1) is 0 Å². The van der Waals surface area contributed by atoms with Crippen LogP contribution in [-0.4, -0.2) is 48.6 Å². The lowest BCUT2D eigenvalue weighted by atomic mass is 10.2. The highest BCUT2D eigenvalue weighted by Gasteiger charge is 2.19. The molecule has 0 aliphatic carbocycles. The molecule has 2 heterocycles. The van der Waals surface area contributed by atoms with Crippen LogP contribution in [0.4, 0.5) is 5.82 Å². The number of aromatic nitrogens is 1. The minimum atomic E-state index is -0.0419. The number of morpholine rings is 1. The van der Waals surface area contributed by atoms with E-state index in [2.05, 4.69) is 17.2 Å². The molecule has 0 saturated carbocycles. The van der Waals surface area contributed by atoms with Gasteiger partial charge in [0.2, 0.25) is 0 Å². The van der Waals surface area contributed by atoms with E-state index in [0.717, 1.165) is 13.0 Å². The van der Waals surface area contributed by atoms with E-state index in [4.69, 9.17) is 16.3 Å². The molecule has 0 radical (unpaired) electrons. The number of amides is 1. The quantitative estimate of drug-likeness (QED) is 0.919. The van der Waals surface area contributed by atoms with Crippen LogP contribution >= 0.6 is 11.6 Å². The lowest BCUT2D eigenvalue weighted by Crippen LogP contribution is -2.40. The molecule has 5 nitrogen and oxygen atoms in total. The Kier molecular flexibility index (Phi) is 4.99. The number of halogens is 1. The summed E-state index contributed by atoms with van der Waals surface area (Å²) >= 11 is 6.13. The van der Waals surface area contributed by atoms with Crippen LogP contribution in [-0.2, 0) is 4.74 Å². The molecule has 1 N–H and O–H groups in total. The molecule has 0 aromatic carbocycles. The molecule has 0 spiro atoms. The third kappa shape index (κ3) is 3.58. The third-order valence-corrected chi connectivity index (χ3v) is 3.22. The summed E-state index contributed by atoms with van der Waals surface area (Å²) in [4.78, 5) is 18.2. The van der Waals surface area contributed by atoms with Crippen LogP contribution in [0.15, 0.2) is 12.3 Å². The molecule has 6 heteroatoms. The van der Waals surface area contributed by atoms with Crippen LogP contribution in [0.1, 0.15) is 23.7 Å². The number of nitrogens with zero attached hydrogens (tertiary/aromatic N) is 2. The Bertz CT molecular complexity index is 448. The van der Waals surface area contributed by atoms with Gasteiger partial charge in [-0.2, -0.15) is 0 Å². The maximum Gasteiger partial charge on any atom is 0.255 e. The highest BCUT2D eigenvalue weighted by Crippen LogP contribution is 2.21. The Labute approximate surface area is 117 Å². The van der Waals surface area contributed by atoms with E-state index in [1.165, 1.54) is 0 Å². The van der Waals surface area contributed by atoms with Gasteiger partial charge in [-0.05, 0) is 12.5 Å². The van der Waals surface area contributed by atoms with Gasteiger partial charge in [0.15, 0.2) is 0 Å². The monoisotopic (exact) mass is 283 g/mol. The SMILES string of the molecule is CCCNc1ncc(C(=O)N2CCOCC2)cc1Cl. The minimum absolute atomic E-state index is 0.0419. The van der Waals surface area contributed by atoms with E-state index in [1.54, 1.807) is 17.2 Å². The number of hydrogen-bond acceptors (Lipinski definition) is 4. The zero-order valence-corrected chi connectivity index (χ0v) is 11.7. The fourth-order valence-corrected chi connectivity index (χ4v) is 2.11. The highest BCUT2D eigenvalue weighted by molar-refractivity contribution is 6.33. The van der Waals surface area contributed by atoms with Gasteiger partial charge in [0, 0.05) is 25.8 Å². The van der Waals surface area contributed by atoms with Crippen molar-refractivity contribution < 1.29 is 9.53 Å². The zero-order valence-electron chi connectivity index (χ0n) is 11.0. The molecule has 1 amide bonds. The lowest BCUT2D eigenvalue weighted by molar-refractivity contribution is 0.0302. The van der Waals surface area contributed by atoms with Gasteiger partial charge in [0.1, 0.15) is 5.82 Å². The smallest absolute Gasteiger partial charge is 0.255 e. The molecular formula is C13H18ClN3O2. The Morgan fingerprint density at radius 3 is 2.89 bits per heavy atom. The van der Waals surface area contributed by atoms with Crippen LogP contribution < -0.4 is 5.32 Å². The van der Waals surface area contributed by atoms with Crippen LogP contribution in [0.2, 0.25) is 5.02 Å². The Morgan fingerprint density at radius 2 is 2.26 bits per heavy atom. The van der Waals surface area contributed by atoms with Crippen LogP contribution in [0, 0.1) is 0 Å². The first-order chi connectivity index (χ1) is 9.22. The number of hydrogen-bond donors (Lipinski definition) is 1. The van der Waals surface area contributed by atoms with Crippen molar-refractivity contribution >= 4 is 23.3 Å². The average Bonchev–Trinajstić information content (AvgIpc) is 2.46. The summed E-state index contributed by atoms with van der Waals surface area (Å²) in [7, 11) is 0. The van der Waals surface area contributed by atoms with Crippen molar-refractivity contribution in [2.75, 3.05) is 38.2 Å². The first-order valence-corrected chi connectivity index (χ1v) is 6.86. The molecule has 104 valence electrons. The van der Waals surface area contributed by atoms with Gasteiger partial charge in [0.05, 0.1) is 23.8 Å². The predicted octanol–water partition coefficient (Wildman–Crippen LogP) is 2.03. The Balaban J connectivity index is 2.07. The van der Waals surface area contributed by atoms with Crippen LogP contribution in [0.25, 0.3) is 0 Å². The average molecular weight is 284 g/mol. The number of carbonyl (C=O) groups is 1. The second-order valence-corrected chi connectivity index (χ2v) is 4.79. The number of nitrogens with one attached hydrogen (secondary N) is 1. The minimum Gasteiger partial charge on any atom is -0.378 e. The number of carbonyl (C=O) groups excluding carboxylic acids is 1. The van der Waals surface area contributed by atoms with Crippen molar-refractivity contribution in [3.8, 4) is 0 Å². The summed E-state index contributed by atoms with van der Waals surface area (Å²) in [6.07, 6.45) is 2.56. The summed E-state index contributed by atoms with van der Waals surface area (Å²) in [5.74, 6) is 0.585. The van der Waals surface area contributed by atoms with Gasteiger partial charge in [-0.1, -0.05) is 18.5 Å². The fraction of sp³-hybridized carbons (Fsp3) is 0.538. The molecule has 0 atom stereocenters. The largest absolute Gasteiger partial charge is 0.378 e. The van der Waals surface area contributed by atoms with Crippen molar-refractivity contribution in [1.82, 2.24) is 9.88 Å². The van der Waals surface area contributed by atoms with Crippen molar-refractivity contribution in [1.29, 1.82) is 0 Å². The summed E-state index contributed by atoms with van der Waals surface area (Å²) in [6.45, 7) is 5.28. The Hall–Kier alpha value is -1.33. The first kappa shape index (κ1) is 14.1. The van der Waals surface area contributed by atoms with Crippen molar-refractivity contribution in [3.63, 3.8) is 0 Å². The molecule has 1 saturated heterocycles. The van der Waals surface area contributed by atoms with E-state index >= 15 is 0 Å². The van der Waals surface area contributed by atoms with Gasteiger partial charge < -0.3 is 15.0 Å². The van der Waals surface area contributed by atoms with E-state index in [-0.39, 0.29) is 5.91 Å². The van der Waals surface area contributed by atoms with Crippen molar-refractivity contribution in [2.45, 2.75) is 13.3 Å². The standard InChI is InChI=1S/C13H18ClN3O2/c1-2-3-15-12-11(14)8-10(9-16-12)13(18)17-4-6-19-7-5-17/h8-9H,2-7H2,1H3,(H,15,16). The van der Waals surface area contributed by atoms with E-state index in [0.29, 0.717) is 42.7 Å². The maximum absolute atomic E-state index is 12.2. The predicted molar refractivity (Wildman–Crippen MR) is 74.8 cm³/mol. The molecule has 1 aliphatic heterocycles. The van der Waals surface area contributed by atoms with E-state index in [1.807, 2.05) is 0 Å². The van der Waals surface area contributed by atoms with Crippen molar-refractivity contribution in [2.24, 2.45) is 0 Å². The summed E-state index contributed by atoms with van der Waals surface area (Å²) in [5.41, 5.74) is 0.522. The molecule has 19 heavy (non-hydrogen) atoms. The second kappa shape index (κ2) is 6.73. The fourth-order valence-electron chi connectivity index (χ4n) is 1.88. The molecule has 1 aromatic rings. The molecular weight excluding hydrogens is 266 g/mol. The molecule has 0 unspecified atom stereocenters. The van der Waals surface area contributed by atoms with Gasteiger partial charge >= 0.3 is 0 Å². The zero-order chi connectivity index (χ0) is 13.7. The number of pyridine rings is 1. The van der Waals surface area contributed by atoms with Gasteiger partial charge in [0.25, 0.3) is 5.91 Å². The summed E-state index contributed by atoms with van der Waals surface area (Å²) < 4.78 is 5.23. The number of anilines is 1. The first-order valence-electron chi connectivity index (χ1n) is 6.49. The number of ether oxygens (including phenoxy) is 1. The molecule has 1 fully saturated rings. The van der Waals surface area contributed by atoms with Gasteiger partial charge in [-0.3, -0.25) is 4.79 Å². The summed E-state index contributed by atoms with van der Waals surface area (Å²) in [5, 5.41) is 3.60. The highest BCUT2D eigenvalue weighted by atomic mass is 35.5. The second-order valence-electron chi connectivity index (χ2n) is 4.39. The van der Waals surface area contributed by atoms with Gasteiger partial charge in [-0.25, -0.2) is 4.98 Å². The molecule has 1 aliphatic rings. The third-order valence-electron chi connectivity index (χ3n) is 2.93. The maximum atomic E-state index is 12.2. The summed E-state index contributed by atoms with van der Waals surface area (Å²) in [6, 6.07) is 1.67. The van der Waals surface area contributed by atoms with E-state index < -0.39 is 0 Å².